The minimum Gasteiger partial charge on any atom is -0.333 e. The fourth-order valence-electron chi connectivity index (χ4n) is 2.08. The van der Waals surface area contributed by atoms with Crippen LogP contribution in [-0.4, -0.2) is 53.1 Å². The van der Waals surface area contributed by atoms with Crippen molar-refractivity contribution in [3.05, 3.63) is 0 Å². The zero-order chi connectivity index (χ0) is 11.8. The van der Waals surface area contributed by atoms with E-state index in [0.29, 0.717) is 19.6 Å². The maximum atomic E-state index is 11.8. The van der Waals surface area contributed by atoms with E-state index in [-0.39, 0.29) is 17.2 Å². The van der Waals surface area contributed by atoms with Crippen LogP contribution in [0.3, 0.4) is 0 Å². The smallest absolute Gasteiger partial charge is 0.312 e. The highest BCUT2D eigenvalue weighted by Gasteiger charge is 2.45. The van der Waals surface area contributed by atoms with Gasteiger partial charge in [0.25, 0.3) is 0 Å². The molecule has 0 spiro atoms. The van der Waals surface area contributed by atoms with E-state index in [1.165, 1.54) is 0 Å². The first-order valence-electron chi connectivity index (χ1n) is 5.76. The van der Waals surface area contributed by atoms with Crippen LogP contribution in [0, 0.1) is 5.41 Å². The van der Waals surface area contributed by atoms with E-state index in [9.17, 15) is 9.59 Å². The average Bonchev–Trinajstić information content (AvgIpc) is 3.06. The maximum Gasteiger partial charge on any atom is 0.312 e. The SMILES string of the molecule is CCN1CCN(CC2(CBr)CC2)C(=O)C1=O. The summed E-state index contributed by atoms with van der Waals surface area (Å²) in [6.45, 7) is 4.64. The van der Waals surface area contributed by atoms with Gasteiger partial charge in [0.15, 0.2) is 0 Å². The molecule has 0 aromatic carbocycles. The average molecular weight is 289 g/mol. The van der Waals surface area contributed by atoms with Gasteiger partial charge in [0, 0.05) is 31.5 Å². The monoisotopic (exact) mass is 288 g/mol. The summed E-state index contributed by atoms with van der Waals surface area (Å²) in [7, 11) is 0. The first-order valence-corrected chi connectivity index (χ1v) is 6.88. The number of alkyl halides is 1. The van der Waals surface area contributed by atoms with E-state index < -0.39 is 0 Å². The Hall–Kier alpha value is -0.580. The van der Waals surface area contributed by atoms with Gasteiger partial charge in [-0.05, 0) is 25.2 Å². The molecule has 0 aromatic rings. The van der Waals surface area contributed by atoms with E-state index in [1.54, 1.807) is 9.80 Å². The lowest BCUT2D eigenvalue weighted by molar-refractivity contribution is -0.156. The molecule has 2 amide bonds. The van der Waals surface area contributed by atoms with Gasteiger partial charge >= 0.3 is 11.8 Å². The van der Waals surface area contributed by atoms with E-state index in [1.807, 2.05) is 6.92 Å². The molecule has 0 radical (unpaired) electrons. The van der Waals surface area contributed by atoms with Gasteiger partial charge < -0.3 is 9.80 Å². The van der Waals surface area contributed by atoms with Gasteiger partial charge in [-0.2, -0.15) is 0 Å². The molecule has 1 saturated heterocycles. The summed E-state index contributed by atoms with van der Waals surface area (Å²) in [6, 6.07) is 0. The quantitative estimate of drug-likeness (QED) is 0.569. The second-order valence-corrected chi connectivity index (χ2v) is 5.31. The van der Waals surface area contributed by atoms with Gasteiger partial charge in [0.05, 0.1) is 0 Å². The van der Waals surface area contributed by atoms with E-state index >= 15 is 0 Å². The minimum absolute atomic E-state index is 0.254. The molecule has 4 nitrogen and oxygen atoms in total. The summed E-state index contributed by atoms with van der Waals surface area (Å²) in [5, 5.41) is 0.926. The third-order valence-electron chi connectivity index (χ3n) is 3.55. The molecule has 1 aliphatic carbocycles. The van der Waals surface area contributed by atoms with Gasteiger partial charge in [-0.3, -0.25) is 9.59 Å². The van der Waals surface area contributed by atoms with Crippen LogP contribution in [0.1, 0.15) is 19.8 Å². The Morgan fingerprint density at radius 2 is 1.75 bits per heavy atom. The molecule has 0 N–H and O–H groups in total. The van der Waals surface area contributed by atoms with E-state index in [2.05, 4.69) is 15.9 Å². The molecule has 90 valence electrons. The summed E-state index contributed by atoms with van der Waals surface area (Å²) in [6.07, 6.45) is 2.32. The van der Waals surface area contributed by atoms with Crippen molar-refractivity contribution in [3.8, 4) is 0 Å². The summed E-state index contributed by atoms with van der Waals surface area (Å²) in [5.41, 5.74) is 0.254. The first-order chi connectivity index (χ1) is 7.62. The fraction of sp³-hybridized carbons (Fsp3) is 0.818. The number of nitrogens with zero attached hydrogens (tertiary/aromatic N) is 2. The summed E-state index contributed by atoms with van der Waals surface area (Å²) >= 11 is 3.49. The van der Waals surface area contributed by atoms with E-state index in [0.717, 1.165) is 24.7 Å². The molecule has 0 unspecified atom stereocenters. The van der Waals surface area contributed by atoms with Crippen LogP contribution in [0.25, 0.3) is 0 Å². The highest BCUT2D eigenvalue weighted by molar-refractivity contribution is 9.09. The zero-order valence-corrected chi connectivity index (χ0v) is 11.1. The van der Waals surface area contributed by atoms with Gasteiger partial charge in [0.1, 0.15) is 0 Å². The Morgan fingerprint density at radius 3 is 2.25 bits per heavy atom. The Balaban J connectivity index is 1.97. The third-order valence-corrected chi connectivity index (χ3v) is 4.74. The molecule has 0 atom stereocenters. The normalized spacial score (nSPS) is 23.9. The van der Waals surface area contributed by atoms with Crippen molar-refractivity contribution in [2.24, 2.45) is 5.41 Å². The third kappa shape index (κ3) is 2.10. The van der Waals surface area contributed by atoms with Crippen LogP contribution < -0.4 is 0 Å². The number of halogens is 1. The van der Waals surface area contributed by atoms with Crippen LogP contribution in [0.2, 0.25) is 0 Å². The number of piperazine rings is 1. The van der Waals surface area contributed by atoms with Crippen molar-refractivity contribution >= 4 is 27.7 Å². The molecular weight excluding hydrogens is 272 g/mol. The van der Waals surface area contributed by atoms with Crippen molar-refractivity contribution < 1.29 is 9.59 Å². The topological polar surface area (TPSA) is 40.6 Å². The Kier molecular flexibility index (Phi) is 3.24. The minimum atomic E-state index is -0.334. The van der Waals surface area contributed by atoms with Gasteiger partial charge in [0.2, 0.25) is 0 Å². The van der Waals surface area contributed by atoms with Crippen molar-refractivity contribution in [3.63, 3.8) is 0 Å². The Labute approximate surface area is 104 Å². The molecule has 1 heterocycles. The van der Waals surface area contributed by atoms with Gasteiger partial charge in [-0.25, -0.2) is 0 Å². The summed E-state index contributed by atoms with van der Waals surface area (Å²) in [4.78, 5) is 26.9. The second-order valence-electron chi connectivity index (χ2n) is 4.75. The Morgan fingerprint density at radius 1 is 1.19 bits per heavy atom. The van der Waals surface area contributed by atoms with Crippen LogP contribution in [0.4, 0.5) is 0 Å². The summed E-state index contributed by atoms with van der Waals surface area (Å²) in [5.74, 6) is -0.653. The van der Waals surface area contributed by atoms with Crippen molar-refractivity contribution in [2.45, 2.75) is 19.8 Å². The van der Waals surface area contributed by atoms with E-state index in [4.69, 9.17) is 0 Å². The fourth-order valence-corrected chi connectivity index (χ4v) is 2.82. The first kappa shape index (κ1) is 11.9. The number of carbonyl (C=O) groups is 2. The highest BCUT2D eigenvalue weighted by Crippen LogP contribution is 2.47. The molecule has 2 fully saturated rings. The number of hydrogen-bond donors (Lipinski definition) is 0. The van der Waals surface area contributed by atoms with Crippen molar-refractivity contribution in [1.82, 2.24) is 9.80 Å². The predicted molar refractivity (Wildman–Crippen MR) is 64.3 cm³/mol. The molecule has 5 heteroatoms. The molecule has 0 bridgehead atoms. The number of likely N-dealkylation sites (N-methyl/N-ethyl adjacent to an activating group) is 1. The molecule has 16 heavy (non-hydrogen) atoms. The van der Waals surface area contributed by atoms with Crippen LogP contribution in [0.15, 0.2) is 0 Å². The van der Waals surface area contributed by atoms with Gasteiger partial charge in [-0.1, -0.05) is 15.9 Å². The van der Waals surface area contributed by atoms with Crippen LogP contribution >= 0.6 is 15.9 Å². The number of rotatable bonds is 4. The highest BCUT2D eigenvalue weighted by atomic mass is 79.9. The lowest BCUT2D eigenvalue weighted by Crippen LogP contribution is -2.55. The van der Waals surface area contributed by atoms with Gasteiger partial charge in [-0.15, -0.1) is 0 Å². The lowest BCUT2D eigenvalue weighted by atomic mass is 10.1. The molecule has 1 saturated carbocycles. The molecule has 0 aromatic heterocycles. The second kappa shape index (κ2) is 4.35. The van der Waals surface area contributed by atoms with Crippen LogP contribution in [0.5, 0.6) is 0 Å². The molecule has 1 aliphatic heterocycles. The summed E-state index contributed by atoms with van der Waals surface area (Å²) < 4.78 is 0. The van der Waals surface area contributed by atoms with Crippen LogP contribution in [-0.2, 0) is 9.59 Å². The number of carbonyl (C=O) groups excluding carboxylic acids is 2. The Bertz CT molecular complexity index is 315. The van der Waals surface area contributed by atoms with Crippen molar-refractivity contribution in [1.29, 1.82) is 0 Å². The predicted octanol–water partition coefficient (Wildman–Crippen LogP) is 0.852. The maximum absolute atomic E-state index is 11.8. The number of hydrogen-bond acceptors (Lipinski definition) is 2. The molecule has 2 rings (SSSR count). The lowest BCUT2D eigenvalue weighted by Gasteiger charge is -2.34. The molecule has 2 aliphatic rings. The largest absolute Gasteiger partial charge is 0.333 e. The number of amides is 2. The standard InChI is InChI=1S/C11H17BrN2O2/c1-2-13-5-6-14(10(16)9(13)15)8-11(7-12)3-4-11/h2-8H2,1H3. The zero-order valence-electron chi connectivity index (χ0n) is 9.54. The molecular formula is C11H17BrN2O2. The van der Waals surface area contributed by atoms with Crippen molar-refractivity contribution in [2.75, 3.05) is 31.5 Å².